The lowest BCUT2D eigenvalue weighted by Gasteiger charge is -2.19. The standard InChI is InChI=1S/C15H19N3OS2/c1-10(8-11-4-6-20-9-11)17-15(19)18-13(12-2-3-12)14-16-5-7-21-14/h4-7,9-10,12-13H,2-3,8H2,1H3,(H2,17,18,19)/t10-,13+/m1/s1. The maximum Gasteiger partial charge on any atom is 0.315 e. The Bertz CT molecular complexity index is 564. The summed E-state index contributed by atoms with van der Waals surface area (Å²) in [6.07, 6.45) is 5.01. The number of amides is 2. The summed E-state index contributed by atoms with van der Waals surface area (Å²) in [5.74, 6) is 0.550. The third kappa shape index (κ3) is 4.04. The van der Waals surface area contributed by atoms with Gasteiger partial charge in [0.2, 0.25) is 0 Å². The monoisotopic (exact) mass is 321 g/mol. The Balaban J connectivity index is 1.52. The van der Waals surface area contributed by atoms with E-state index in [-0.39, 0.29) is 18.1 Å². The molecule has 1 aliphatic carbocycles. The number of hydrogen-bond donors (Lipinski definition) is 2. The van der Waals surface area contributed by atoms with Crippen LogP contribution in [0.25, 0.3) is 0 Å². The molecule has 6 heteroatoms. The van der Waals surface area contributed by atoms with Crippen molar-refractivity contribution >= 4 is 28.7 Å². The Morgan fingerprint density at radius 1 is 1.43 bits per heavy atom. The molecule has 1 aliphatic rings. The molecular formula is C15H19N3OS2. The maximum absolute atomic E-state index is 12.2. The fourth-order valence-corrected chi connectivity index (χ4v) is 3.88. The smallest absolute Gasteiger partial charge is 0.315 e. The van der Waals surface area contributed by atoms with Gasteiger partial charge < -0.3 is 10.6 Å². The van der Waals surface area contributed by atoms with E-state index in [0.29, 0.717) is 5.92 Å². The second-order valence-corrected chi connectivity index (χ2v) is 7.25. The summed E-state index contributed by atoms with van der Waals surface area (Å²) in [4.78, 5) is 16.5. The molecule has 112 valence electrons. The van der Waals surface area contributed by atoms with Crippen molar-refractivity contribution in [3.63, 3.8) is 0 Å². The van der Waals surface area contributed by atoms with Gasteiger partial charge in [-0.05, 0) is 54.5 Å². The second-order valence-electron chi connectivity index (χ2n) is 5.54. The topological polar surface area (TPSA) is 54.0 Å². The molecule has 1 fully saturated rings. The molecule has 0 radical (unpaired) electrons. The molecule has 2 heterocycles. The molecule has 2 aromatic rings. The number of nitrogens with zero attached hydrogens (tertiary/aromatic N) is 1. The highest BCUT2D eigenvalue weighted by Crippen LogP contribution is 2.41. The Morgan fingerprint density at radius 2 is 2.29 bits per heavy atom. The minimum absolute atomic E-state index is 0.0679. The first-order valence-electron chi connectivity index (χ1n) is 7.20. The van der Waals surface area contributed by atoms with Crippen molar-refractivity contribution in [3.05, 3.63) is 39.0 Å². The van der Waals surface area contributed by atoms with E-state index < -0.39 is 0 Å². The number of hydrogen-bond acceptors (Lipinski definition) is 4. The number of thiazole rings is 1. The van der Waals surface area contributed by atoms with E-state index in [1.807, 2.05) is 12.3 Å². The summed E-state index contributed by atoms with van der Waals surface area (Å²) < 4.78 is 0. The zero-order valence-electron chi connectivity index (χ0n) is 11.9. The van der Waals surface area contributed by atoms with Gasteiger partial charge in [-0.2, -0.15) is 11.3 Å². The van der Waals surface area contributed by atoms with Crippen LogP contribution in [0.3, 0.4) is 0 Å². The Hall–Kier alpha value is -1.40. The largest absolute Gasteiger partial charge is 0.335 e. The second kappa shape index (κ2) is 6.58. The third-order valence-corrected chi connectivity index (χ3v) is 5.19. The van der Waals surface area contributed by atoms with Crippen molar-refractivity contribution in [2.45, 2.75) is 38.3 Å². The van der Waals surface area contributed by atoms with Crippen molar-refractivity contribution in [1.29, 1.82) is 0 Å². The molecule has 0 unspecified atom stereocenters. The molecule has 0 spiro atoms. The van der Waals surface area contributed by atoms with E-state index in [1.54, 1.807) is 28.9 Å². The molecule has 2 atom stereocenters. The fourth-order valence-electron chi connectivity index (χ4n) is 2.42. The molecule has 4 nitrogen and oxygen atoms in total. The first-order valence-corrected chi connectivity index (χ1v) is 9.02. The van der Waals surface area contributed by atoms with Crippen LogP contribution in [0.4, 0.5) is 4.79 Å². The van der Waals surface area contributed by atoms with E-state index >= 15 is 0 Å². The van der Waals surface area contributed by atoms with Crippen LogP contribution >= 0.6 is 22.7 Å². The summed E-state index contributed by atoms with van der Waals surface area (Å²) in [6, 6.07) is 2.20. The average molecular weight is 321 g/mol. The van der Waals surface area contributed by atoms with Crippen molar-refractivity contribution in [3.8, 4) is 0 Å². The third-order valence-electron chi connectivity index (χ3n) is 3.60. The van der Waals surface area contributed by atoms with Gasteiger partial charge in [-0.25, -0.2) is 9.78 Å². The molecule has 21 heavy (non-hydrogen) atoms. The zero-order valence-corrected chi connectivity index (χ0v) is 13.5. The van der Waals surface area contributed by atoms with E-state index in [2.05, 4.69) is 32.4 Å². The van der Waals surface area contributed by atoms with Crippen molar-refractivity contribution in [2.24, 2.45) is 5.92 Å². The summed E-state index contributed by atoms with van der Waals surface area (Å²) in [7, 11) is 0. The van der Waals surface area contributed by atoms with Crippen LogP contribution in [-0.2, 0) is 6.42 Å². The number of rotatable bonds is 6. The highest BCUT2D eigenvalue weighted by Gasteiger charge is 2.35. The molecule has 0 aliphatic heterocycles. The van der Waals surface area contributed by atoms with Crippen LogP contribution in [0.1, 0.15) is 36.4 Å². The molecule has 2 N–H and O–H groups in total. The highest BCUT2D eigenvalue weighted by molar-refractivity contribution is 7.09. The zero-order chi connectivity index (χ0) is 14.7. The number of carbonyl (C=O) groups excluding carboxylic acids is 1. The SMILES string of the molecule is C[C@H](Cc1ccsc1)NC(=O)N[C@H](c1nccs1)C1CC1. The van der Waals surface area contributed by atoms with Crippen LogP contribution in [-0.4, -0.2) is 17.1 Å². The number of urea groups is 1. The van der Waals surface area contributed by atoms with Crippen molar-refractivity contribution < 1.29 is 4.79 Å². The van der Waals surface area contributed by atoms with Gasteiger partial charge in [0.05, 0.1) is 6.04 Å². The van der Waals surface area contributed by atoms with Crippen LogP contribution in [0.2, 0.25) is 0 Å². The Kier molecular flexibility index (Phi) is 4.55. The predicted molar refractivity (Wildman–Crippen MR) is 86.7 cm³/mol. The predicted octanol–water partition coefficient (Wildman–Crippen LogP) is 3.59. The minimum Gasteiger partial charge on any atom is -0.335 e. The molecule has 2 amide bonds. The minimum atomic E-state index is -0.0928. The molecular weight excluding hydrogens is 302 g/mol. The molecule has 0 saturated heterocycles. The highest BCUT2D eigenvalue weighted by atomic mass is 32.1. The lowest BCUT2D eigenvalue weighted by Crippen LogP contribution is -2.43. The van der Waals surface area contributed by atoms with Crippen LogP contribution < -0.4 is 10.6 Å². The van der Waals surface area contributed by atoms with Crippen molar-refractivity contribution in [2.75, 3.05) is 0 Å². The lowest BCUT2D eigenvalue weighted by molar-refractivity contribution is 0.232. The quantitative estimate of drug-likeness (QED) is 0.854. The number of thiophene rings is 1. The van der Waals surface area contributed by atoms with E-state index in [9.17, 15) is 4.79 Å². The van der Waals surface area contributed by atoms with Crippen LogP contribution in [0, 0.1) is 5.92 Å². The Labute approximate surface area is 132 Å². The number of nitrogens with one attached hydrogen (secondary N) is 2. The van der Waals surface area contributed by atoms with Crippen LogP contribution in [0.15, 0.2) is 28.4 Å². The lowest BCUT2D eigenvalue weighted by atomic mass is 10.1. The summed E-state index contributed by atoms with van der Waals surface area (Å²) in [5, 5.41) is 13.3. The normalized spacial score (nSPS) is 17.2. The summed E-state index contributed by atoms with van der Waals surface area (Å²) in [5.41, 5.74) is 1.27. The maximum atomic E-state index is 12.2. The van der Waals surface area contributed by atoms with Gasteiger partial charge in [-0.15, -0.1) is 11.3 Å². The van der Waals surface area contributed by atoms with Gasteiger partial charge in [0.25, 0.3) is 0 Å². The van der Waals surface area contributed by atoms with Gasteiger partial charge in [0, 0.05) is 17.6 Å². The molecule has 0 aromatic carbocycles. The first kappa shape index (κ1) is 14.5. The van der Waals surface area contributed by atoms with Gasteiger partial charge in [-0.1, -0.05) is 0 Å². The van der Waals surface area contributed by atoms with Gasteiger partial charge in [0.15, 0.2) is 0 Å². The van der Waals surface area contributed by atoms with E-state index in [0.717, 1.165) is 11.4 Å². The van der Waals surface area contributed by atoms with Gasteiger partial charge in [-0.3, -0.25) is 0 Å². The van der Waals surface area contributed by atoms with Crippen molar-refractivity contribution in [1.82, 2.24) is 15.6 Å². The molecule has 0 bridgehead atoms. The van der Waals surface area contributed by atoms with Crippen LogP contribution in [0.5, 0.6) is 0 Å². The molecule has 2 aromatic heterocycles. The molecule has 3 rings (SSSR count). The van der Waals surface area contributed by atoms with E-state index in [1.165, 1.54) is 18.4 Å². The summed E-state index contributed by atoms with van der Waals surface area (Å²) in [6.45, 7) is 2.03. The Morgan fingerprint density at radius 3 is 2.90 bits per heavy atom. The van der Waals surface area contributed by atoms with Gasteiger partial charge >= 0.3 is 6.03 Å². The average Bonchev–Trinajstić information content (AvgIpc) is 2.92. The van der Waals surface area contributed by atoms with Gasteiger partial charge in [0.1, 0.15) is 5.01 Å². The fraction of sp³-hybridized carbons (Fsp3) is 0.467. The summed E-state index contributed by atoms with van der Waals surface area (Å²) >= 11 is 3.30. The number of aromatic nitrogens is 1. The van der Waals surface area contributed by atoms with E-state index in [4.69, 9.17) is 0 Å². The first-order chi connectivity index (χ1) is 10.2. The number of carbonyl (C=O) groups is 1. The molecule has 1 saturated carbocycles.